The summed E-state index contributed by atoms with van der Waals surface area (Å²) in [6.45, 7) is 2.11. The smallest absolute Gasteiger partial charge is 0.123 e. The molecule has 1 unspecified atom stereocenters. The summed E-state index contributed by atoms with van der Waals surface area (Å²) in [5.74, 6) is 1.72. The Morgan fingerprint density at radius 3 is 3.00 bits per heavy atom. The van der Waals surface area contributed by atoms with Crippen molar-refractivity contribution in [1.29, 1.82) is 0 Å². The van der Waals surface area contributed by atoms with E-state index in [-0.39, 0.29) is 0 Å². The van der Waals surface area contributed by atoms with Gasteiger partial charge in [-0.25, -0.2) is 0 Å². The van der Waals surface area contributed by atoms with Gasteiger partial charge in [-0.2, -0.15) is 0 Å². The molecule has 1 fully saturated rings. The predicted molar refractivity (Wildman–Crippen MR) is 84.1 cm³/mol. The maximum Gasteiger partial charge on any atom is 0.123 e. The van der Waals surface area contributed by atoms with Gasteiger partial charge in [0.2, 0.25) is 0 Å². The Hall–Kier alpha value is -0.250. The lowest BCUT2D eigenvalue weighted by atomic mass is 9.99. The van der Waals surface area contributed by atoms with Gasteiger partial charge in [0.25, 0.3) is 0 Å². The molecule has 0 amide bonds. The zero-order valence-corrected chi connectivity index (χ0v) is 13.7. The zero-order valence-electron chi connectivity index (χ0n) is 11.4. The molecule has 0 aliphatic carbocycles. The van der Waals surface area contributed by atoms with Crippen LogP contribution in [0.4, 0.5) is 0 Å². The number of rotatable bonds is 5. The Labute approximate surface area is 129 Å². The molecule has 0 bridgehead atoms. The van der Waals surface area contributed by atoms with Gasteiger partial charge >= 0.3 is 0 Å². The molecule has 1 aliphatic rings. The molecule has 0 saturated carbocycles. The lowest BCUT2D eigenvalue weighted by Crippen LogP contribution is -2.39. The fourth-order valence-electron chi connectivity index (χ4n) is 2.81. The van der Waals surface area contributed by atoms with Crippen molar-refractivity contribution in [3.8, 4) is 5.75 Å². The molecule has 1 aromatic carbocycles. The van der Waals surface area contributed by atoms with E-state index in [1.807, 2.05) is 12.1 Å². The number of alkyl halides is 1. The van der Waals surface area contributed by atoms with E-state index in [2.05, 4.69) is 26.9 Å². The fraction of sp³-hybridized carbons (Fsp3) is 0.600. The molecule has 19 heavy (non-hydrogen) atoms. The molecule has 106 valence electrons. The molecule has 4 heteroatoms. The second kappa shape index (κ2) is 7.51. The van der Waals surface area contributed by atoms with Crippen LogP contribution in [0.3, 0.4) is 0 Å². The highest BCUT2D eigenvalue weighted by Crippen LogP contribution is 2.28. The van der Waals surface area contributed by atoms with Gasteiger partial charge in [0, 0.05) is 28.5 Å². The summed E-state index contributed by atoms with van der Waals surface area (Å²) in [6, 6.07) is 6.83. The first-order valence-corrected chi connectivity index (χ1v) is 8.19. The summed E-state index contributed by atoms with van der Waals surface area (Å²) < 4.78 is 6.57. The minimum absolute atomic E-state index is 0.620. The van der Waals surface area contributed by atoms with Crippen LogP contribution in [0.5, 0.6) is 5.75 Å². The van der Waals surface area contributed by atoms with Crippen LogP contribution in [0, 0.1) is 0 Å². The summed E-state index contributed by atoms with van der Waals surface area (Å²) in [4.78, 5) is 2.55. The normalized spacial score (nSPS) is 20.5. The van der Waals surface area contributed by atoms with E-state index in [1.54, 1.807) is 7.11 Å². The molecule has 1 heterocycles. The second-order valence-corrected chi connectivity index (χ2v) is 6.35. The van der Waals surface area contributed by atoms with Crippen LogP contribution >= 0.6 is 27.5 Å². The Morgan fingerprint density at radius 2 is 2.26 bits per heavy atom. The largest absolute Gasteiger partial charge is 0.496 e. The number of nitrogens with zero attached hydrogens (tertiary/aromatic N) is 1. The predicted octanol–water partition coefficient (Wildman–Crippen LogP) is 4.44. The van der Waals surface area contributed by atoms with E-state index < -0.39 is 0 Å². The number of likely N-dealkylation sites (tertiary alicyclic amines) is 1. The van der Waals surface area contributed by atoms with Crippen molar-refractivity contribution >= 4 is 27.5 Å². The van der Waals surface area contributed by atoms with Crippen LogP contribution in [-0.4, -0.2) is 30.5 Å². The third-order valence-corrected chi connectivity index (χ3v) is 4.52. The molecular formula is C15H21BrClNO. The molecule has 0 radical (unpaired) electrons. The van der Waals surface area contributed by atoms with Crippen molar-refractivity contribution in [2.24, 2.45) is 0 Å². The van der Waals surface area contributed by atoms with E-state index >= 15 is 0 Å². The number of ether oxygens (including phenoxy) is 1. The van der Waals surface area contributed by atoms with Gasteiger partial charge in [-0.3, -0.25) is 4.90 Å². The average molecular weight is 347 g/mol. The maximum atomic E-state index is 5.93. The molecule has 1 aliphatic heterocycles. The highest BCUT2D eigenvalue weighted by molar-refractivity contribution is 9.10. The van der Waals surface area contributed by atoms with Crippen LogP contribution < -0.4 is 4.74 Å². The SMILES string of the molecule is COc1ccc(Br)cc1CN1CCCCC1CCCl. The first-order chi connectivity index (χ1) is 9.24. The van der Waals surface area contributed by atoms with Crippen molar-refractivity contribution in [3.63, 3.8) is 0 Å². The first kappa shape index (κ1) is 15.1. The quantitative estimate of drug-likeness (QED) is 0.731. The van der Waals surface area contributed by atoms with Crippen LogP contribution in [0.1, 0.15) is 31.2 Å². The number of piperidine rings is 1. The highest BCUT2D eigenvalue weighted by atomic mass is 79.9. The van der Waals surface area contributed by atoms with Gasteiger partial charge in [-0.1, -0.05) is 22.4 Å². The van der Waals surface area contributed by atoms with Crippen LogP contribution in [-0.2, 0) is 6.54 Å². The third-order valence-electron chi connectivity index (χ3n) is 3.81. The van der Waals surface area contributed by atoms with Crippen LogP contribution in [0.15, 0.2) is 22.7 Å². The number of benzene rings is 1. The molecule has 1 atom stereocenters. The van der Waals surface area contributed by atoms with Crippen molar-refractivity contribution in [3.05, 3.63) is 28.2 Å². The number of halogens is 2. The van der Waals surface area contributed by atoms with Gasteiger partial charge in [0.05, 0.1) is 7.11 Å². The van der Waals surface area contributed by atoms with Crippen molar-refractivity contribution in [2.75, 3.05) is 19.5 Å². The monoisotopic (exact) mass is 345 g/mol. The Morgan fingerprint density at radius 1 is 1.42 bits per heavy atom. The summed E-state index contributed by atoms with van der Waals surface area (Å²) >= 11 is 9.47. The molecule has 0 aromatic heterocycles. The fourth-order valence-corrected chi connectivity index (χ4v) is 3.47. The topological polar surface area (TPSA) is 12.5 Å². The number of hydrogen-bond acceptors (Lipinski definition) is 2. The summed E-state index contributed by atoms with van der Waals surface area (Å²) in [5, 5.41) is 0. The summed E-state index contributed by atoms with van der Waals surface area (Å²) in [6.07, 6.45) is 4.96. The van der Waals surface area contributed by atoms with E-state index in [1.165, 1.54) is 24.8 Å². The zero-order chi connectivity index (χ0) is 13.7. The number of hydrogen-bond donors (Lipinski definition) is 0. The molecule has 0 N–H and O–H groups in total. The lowest BCUT2D eigenvalue weighted by Gasteiger charge is -2.35. The van der Waals surface area contributed by atoms with Gasteiger partial charge in [0.15, 0.2) is 0 Å². The van der Waals surface area contributed by atoms with E-state index in [0.29, 0.717) is 6.04 Å². The Kier molecular flexibility index (Phi) is 5.99. The minimum atomic E-state index is 0.620. The molecule has 2 nitrogen and oxygen atoms in total. The number of methoxy groups -OCH3 is 1. The molecule has 1 aromatic rings. The molecular weight excluding hydrogens is 326 g/mol. The second-order valence-electron chi connectivity index (χ2n) is 5.05. The first-order valence-electron chi connectivity index (χ1n) is 6.87. The standard InChI is InChI=1S/C15H21BrClNO/c1-19-15-6-5-13(16)10-12(15)11-18-9-3-2-4-14(18)7-8-17/h5-6,10,14H,2-4,7-9,11H2,1H3. The average Bonchev–Trinajstić information content (AvgIpc) is 2.42. The van der Waals surface area contributed by atoms with Gasteiger partial charge in [0.1, 0.15) is 5.75 Å². The molecule has 2 rings (SSSR count). The maximum absolute atomic E-state index is 5.93. The van der Waals surface area contributed by atoms with E-state index in [0.717, 1.165) is 35.6 Å². The van der Waals surface area contributed by atoms with Crippen molar-refractivity contribution in [2.45, 2.75) is 38.3 Å². The molecule has 0 spiro atoms. The Bertz CT molecular complexity index is 411. The highest BCUT2D eigenvalue weighted by Gasteiger charge is 2.22. The van der Waals surface area contributed by atoms with Crippen molar-refractivity contribution < 1.29 is 4.74 Å². The van der Waals surface area contributed by atoms with Crippen LogP contribution in [0.2, 0.25) is 0 Å². The van der Waals surface area contributed by atoms with Crippen LogP contribution in [0.25, 0.3) is 0 Å². The minimum Gasteiger partial charge on any atom is -0.496 e. The molecule has 1 saturated heterocycles. The van der Waals surface area contributed by atoms with Crippen molar-refractivity contribution in [1.82, 2.24) is 4.90 Å². The lowest BCUT2D eigenvalue weighted by molar-refractivity contribution is 0.135. The van der Waals surface area contributed by atoms with Gasteiger partial charge < -0.3 is 4.74 Å². The Balaban J connectivity index is 2.11. The van der Waals surface area contributed by atoms with Gasteiger partial charge in [-0.05, 0) is 44.0 Å². The summed E-state index contributed by atoms with van der Waals surface area (Å²) in [7, 11) is 1.74. The van der Waals surface area contributed by atoms with E-state index in [9.17, 15) is 0 Å². The third kappa shape index (κ3) is 4.11. The summed E-state index contributed by atoms with van der Waals surface area (Å²) in [5.41, 5.74) is 1.25. The van der Waals surface area contributed by atoms with Gasteiger partial charge in [-0.15, -0.1) is 11.6 Å². The van der Waals surface area contributed by atoms with E-state index in [4.69, 9.17) is 16.3 Å².